The molecule has 0 heterocycles. The molecule has 11 heavy (non-hydrogen) atoms. The lowest BCUT2D eigenvalue weighted by atomic mass is 10.1. The van der Waals surface area contributed by atoms with Crippen molar-refractivity contribution < 1.29 is 13.0 Å². The molecule has 0 aliphatic carbocycles. The molecule has 0 aromatic carbocycles. The number of hydrogen-bond acceptors (Lipinski definition) is 4. The zero-order valence-electron chi connectivity index (χ0n) is 6.45. The first-order chi connectivity index (χ1) is 4.77. The molecule has 6 heteroatoms. The van der Waals surface area contributed by atoms with Crippen LogP contribution in [0.4, 0.5) is 0 Å². The fraction of sp³-hybridized carbons (Fsp3) is 1.00. The van der Waals surface area contributed by atoms with Crippen LogP contribution < -0.4 is 11.5 Å². The Hall–Kier alpha value is -0.170. The Labute approximate surface area is 66.5 Å². The smallest absolute Gasteiger partial charge is 0.268 e. The Kier molecular flexibility index (Phi) is 3.43. The van der Waals surface area contributed by atoms with Gasteiger partial charge < -0.3 is 11.5 Å². The molecule has 0 aromatic rings. The van der Waals surface area contributed by atoms with E-state index in [1.807, 2.05) is 6.92 Å². The highest BCUT2D eigenvalue weighted by atomic mass is 32.2. The minimum atomic E-state index is -4.05. The largest absolute Gasteiger partial charge is 0.313 e. The fourth-order valence-electron chi connectivity index (χ4n) is 0.877. The predicted octanol–water partition coefficient (Wildman–Crippen LogP) is -0.712. The summed E-state index contributed by atoms with van der Waals surface area (Å²) in [7, 11) is -4.05. The molecule has 68 valence electrons. The van der Waals surface area contributed by atoms with Gasteiger partial charge in [-0.2, -0.15) is 8.42 Å². The van der Waals surface area contributed by atoms with Crippen LogP contribution in [0.5, 0.6) is 0 Å². The van der Waals surface area contributed by atoms with E-state index in [0.29, 0.717) is 12.8 Å². The van der Waals surface area contributed by atoms with Gasteiger partial charge in [0.15, 0.2) is 0 Å². The summed E-state index contributed by atoms with van der Waals surface area (Å²) in [6.07, 6.45) is 1.05. The van der Waals surface area contributed by atoms with Crippen molar-refractivity contribution in [3.63, 3.8) is 0 Å². The van der Waals surface area contributed by atoms with Crippen LogP contribution in [0, 0.1) is 0 Å². The summed E-state index contributed by atoms with van der Waals surface area (Å²) < 4.78 is 29.0. The SMILES string of the molecule is CCCC(N)(N)CS(=O)(=O)O. The van der Waals surface area contributed by atoms with Gasteiger partial charge in [-0.05, 0) is 6.42 Å². The van der Waals surface area contributed by atoms with Crippen LogP contribution >= 0.6 is 0 Å². The number of nitrogens with two attached hydrogens (primary N) is 2. The molecule has 0 atom stereocenters. The van der Waals surface area contributed by atoms with Crippen molar-refractivity contribution in [2.24, 2.45) is 11.5 Å². The second kappa shape index (κ2) is 3.48. The number of rotatable bonds is 4. The highest BCUT2D eigenvalue weighted by Gasteiger charge is 2.24. The first kappa shape index (κ1) is 10.8. The average molecular weight is 182 g/mol. The Morgan fingerprint density at radius 3 is 2.18 bits per heavy atom. The number of hydrogen-bond donors (Lipinski definition) is 3. The Morgan fingerprint density at radius 1 is 1.45 bits per heavy atom. The van der Waals surface area contributed by atoms with Gasteiger partial charge in [0.25, 0.3) is 10.1 Å². The van der Waals surface area contributed by atoms with Gasteiger partial charge in [0.05, 0.1) is 5.66 Å². The molecule has 0 spiro atoms. The van der Waals surface area contributed by atoms with E-state index >= 15 is 0 Å². The monoisotopic (exact) mass is 182 g/mol. The lowest BCUT2D eigenvalue weighted by Crippen LogP contribution is -2.54. The van der Waals surface area contributed by atoms with Crippen molar-refractivity contribution in [3.8, 4) is 0 Å². The highest BCUT2D eigenvalue weighted by Crippen LogP contribution is 2.04. The molecule has 0 fully saturated rings. The molecular formula is C5H14N2O3S. The average Bonchev–Trinajstić information content (AvgIpc) is 1.55. The molecular weight excluding hydrogens is 168 g/mol. The Morgan fingerprint density at radius 2 is 1.91 bits per heavy atom. The molecule has 0 aliphatic rings. The van der Waals surface area contributed by atoms with E-state index < -0.39 is 21.5 Å². The van der Waals surface area contributed by atoms with Crippen molar-refractivity contribution in [1.82, 2.24) is 0 Å². The van der Waals surface area contributed by atoms with E-state index in [2.05, 4.69) is 0 Å². The molecule has 0 saturated heterocycles. The summed E-state index contributed by atoms with van der Waals surface area (Å²) in [5, 5.41) is 0. The summed E-state index contributed by atoms with van der Waals surface area (Å²) in [6, 6.07) is 0. The zero-order valence-corrected chi connectivity index (χ0v) is 7.26. The Balaban J connectivity index is 4.13. The van der Waals surface area contributed by atoms with Crippen molar-refractivity contribution in [1.29, 1.82) is 0 Å². The van der Waals surface area contributed by atoms with Crippen molar-refractivity contribution in [3.05, 3.63) is 0 Å². The fourth-order valence-corrected chi connectivity index (χ4v) is 1.70. The molecule has 0 rings (SSSR count). The molecule has 5 N–H and O–H groups in total. The first-order valence-electron chi connectivity index (χ1n) is 3.30. The molecule has 0 aliphatic heterocycles. The molecule has 0 bridgehead atoms. The molecule has 0 amide bonds. The maximum atomic E-state index is 10.3. The second-order valence-corrected chi connectivity index (χ2v) is 4.16. The van der Waals surface area contributed by atoms with E-state index in [4.69, 9.17) is 16.0 Å². The van der Waals surface area contributed by atoms with Gasteiger partial charge in [-0.3, -0.25) is 4.55 Å². The highest BCUT2D eigenvalue weighted by molar-refractivity contribution is 7.85. The molecule has 0 radical (unpaired) electrons. The standard InChI is InChI=1S/C5H14N2O3S/c1-2-3-5(6,7)4-11(8,9)10/h2-4,6-7H2,1H3,(H,8,9,10). The summed E-state index contributed by atoms with van der Waals surface area (Å²) in [5.74, 6) is -0.589. The molecule has 0 unspecified atom stereocenters. The van der Waals surface area contributed by atoms with Crippen LogP contribution in [0.1, 0.15) is 19.8 Å². The van der Waals surface area contributed by atoms with Crippen molar-refractivity contribution in [2.45, 2.75) is 25.4 Å². The van der Waals surface area contributed by atoms with Gasteiger partial charge >= 0.3 is 0 Å². The second-order valence-electron chi connectivity index (χ2n) is 2.71. The third-order valence-electron chi connectivity index (χ3n) is 1.17. The lowest BCUT2D eigenvalue weighted by molar-refractivity contribution is 0.414. The summed E-state index contributed by atoms with van der Waals surface area (Å²) in [6.45, 7) is 1.83. The van der Waals surface area contributed by atoms with Crippen LogP contribution in [0.15, 0.2) is 0 Å². The van der Waals surface area contributed by atoms with E-state index in [1.165, 1.54) is 0 Å². The van der Waals surface area contributed by atoms with E-state index in [1.54, 1.807) is 0 Å². The van der Waals surface area contributed by atoms with Gasteiger partial charge in [0.1, 0.15) is 5.75 Å². The van der Waals surface area contributed by atoms with Gasteiger partial charge in [-0.25, -0.2) is 0 Å². The Bertz CT molecular complexity index is 210. The van der Waals surface area contributed by atoms with Crippen molar-refractivity contribution in [2.75, 3.05) is 5.75 Å². The maximum absolute atomic E-state index is 10.3. The van der Waals surface area contributed by atoms with Crippen LogP contribution in [-0.4, -0.2) is 24.4 Å². The normalized spacial score (nSPS) is 13.5. The van der Waals surface area contributed by atoms with Gasteiger partial charge in [-0.1, -0.05) is 13.3 Å². The molecule has 0 aromatic heterocycles. The van der Waals surface area contributed by atoms with E-state index in [9.17, 15) is 8.42 Å². The zero-order chi connectivity index (χ0) is 9.12. The van der Waals surface area contributed by atoms with Crippen LogP contribution in [0.25, 0.3) is 0 Å². The molecule has 5 nitrogen and oxygen atoms in total. The van der Waals surface area contributed by atoms with Crippen LogP contribution in [0.3, 0.4) is 0 Å². The summed E-state index contributed by atoms with van der Waals surface area (Å²) in [4.78, 5) is 0. The van der Waals surface area contributed by atoms with E-state index in [-0.39, 0.29) is 0 Å². The van der Waals surface area contributed by atoms with E-state index in [0.717, 1.165) is 0 Å². The lowest BCUT2D eigenvalue weighted by Gasteiger charge is -2.21. The third-order valence-corrected chi connectivity index (χ3v) is 2.07. The van der Waals surface area contributed by atoms with Crippen LogP contribution in [0.2, 0.25) is 0 Å². The topological polar surface area (TPSA) is 106 Å². The van der Waals surface area contributed by atoms with Gasteiger partial charge in [0.2, 0.25) is 0 Å². The minimum Gasteiger partial charge on any atom is -0.313 e. The molecule has 0 saturated carbocycles. The minimum absolute atomic E-state index is 0.368. The van der Waals surface area contributed by atoms with Gasteiger partial charge in [-0.15, -0.1) is 0 Å². The summed E-state index contributed by atoms with van der Waals surface area (Å²) in [5.41, 5.74) is 9.40. The summed E-state index contributed by atoms with van der Waals surface area (Å²) >= 11 is 0. The first-order valence-corrected chi connectivity index (χ1v) is 4.91. The predicted molar refractivity (Wildman–Crippen MR) is 42.4 cm³/mol. The third kappa shape index (κ3) is 6.24. The van der Waals surface area contributed by atoms with Crippen LogP contribution in [-0.2, 0) is 10.1 Å². The van der Waals surface area contributed by atoms with Crippen molar-refractivity contribution >= 4 is 10.1 Å². The van der Waals surface area contributed by atoms with Gasteiger partial charge in [0, 0.05) is 0 Å². The maximum Gasteiger partial charge on any atom is 0.268 e. The quantitative estimate of drug-likeness (QED) is 0.393.